The maximum Gasteiger partial charge on any atom is 0.232 e. The van der Waals surface area contributed by atoms with Gasteiger partial charge in [0.15, 0.2) is 0 Å². The Morgan fingerprint density at radius 2 is 1.76 bits per heavy atom. The zero-order valence-corrected chi connectivity index (χ0v) is 15.5. The lowest BCUT2D eigenvalue weighted by Crippen LogP contribution is -2.49. The van der Waals surface area contributed by atoms with Crippen molar-refractivity contribution >= 4 is 17.7 Å². The molecule has 0 saturated heterocycles. The first-order chi connectivity index (χ1) is 12.1. The minimum absolute atomic E-state index is 0.203. The fourth-order valence-corrected chi connectivity index (χ4v) is 7.96. The van der Waals surface area contributed by atoms with Crippen LogP contribution in [0.25, 0.3) is 0 Å². The lowest BCUT2D eigenvalue weighted by molar-refractivity contribution is -0.131. The molecule has 4 saturated carbocycles. The van der Waals surface area contributed by atoms with Crippen molar-refractivity contribution < 1.29 is 9.90 Å². The highest BCUT2D eigenvalue weighted by Crippen LogP contribution is 2.60. The molecule has 1 aromatic rings. The molecule has 6 rings (SSSR count). The Morgan fingerprint density at radius 1 is 1.12 bits per heavy atom. The molecule has 3 nitrogen and oxygen atoms in total. The Bertz CT molecular complexity index is 653. The summed E-state index contributed by atoms with van der Waals surface area (Å²) in [5.74, 6) is 3.57. The normalized spacial score (nSPS) is 38.7. The topological polar surface area (TPSA) is 40.5 Å². The van der Waals surface area contributed by atoms with Crippen molar-refractivity contribution in [2.24, 2.45) is 17.8 Å². The Morgan fingerprint density at radius 3 is 2.44 bits per heavy atom. The van der Waals surface area contributed by atoms with E-state index in [1.165, 1.54) is 38.5 Å². The van der Waals surface area contributed by atoms with E-state index >= 15 is 0 Å². The maximum atomic E-state index is 12.8. The van der Waals surface area contributed by atoms with Gasteiger partial charge in [-0.05, 0) is 67.4 Å². The van der Waals surface area contributed by atoms with E-state index in [2.05, 4.69) is 0 Å². The van der Waals surface area contributed by atoms with Gasteiger partial charge >= 0.3 is 0 Å². The zero-order chi connectivity index (χ0) is 17.0. The monoisotopic (exact) mass is 357 g/mol. The number of carbonyl (C=O) groups is 1. The highest BCUT2D eigenvalue weighted by atomic mass is 32.2. The first-order valence-electron chi connectivity index (χ1n) is 9.78. The first kappa shape index (κ1) is 16.2. The predicted molar refractivity (Wildman–Crippen MR) is 100 cm³/mol. The number of nitrogens with zero attached hydrogens (tertiary/aromatic N) is 1. The van der Waals surface area contributed by atoms with Crippen molar-refractivity contribution in [2.45, 2.75) is 55.9 Å². The maximum absolute atomic E-state index is 12.8. The van der Waals surface area contributed by atoms with E-state index in [1.807, 2.05) is 40.9 Å². The molecule has 1 N–H and O–H groups in total. The second-order valence-corrected chi connectivity index (χ2v) is 10.3. The van der Waals surface area contributed by atoms with Gasteiger partial charge in [-0.15, -0.1) is 11.8 Å². The number of benzene rings is 1. The Hall–Kier alpha value is -1.00. The van der Waals surface area contributed by atoms with Crippen molar-refractivity contribution in [1.29, 1.82) is 0 Å². The minimum atomic E-state index is -0.543. The van der Waals surface area contributed by atoms with Crippen LogP contribution in [0, 0.1) is 17.8 Å². The molecular formula is C21H27NO2S. The van der Waals surface area contributed by atoms with Crippen molar-refractivity contribution in [2.75, 3.05) is 12.3 Å². The summed E-state index contributed by atoms with van der Waals surface area (Å²) in [6, 6.07) is 7.96. The zero-order valence-electron chi connectivity index (χ0n) is 14.7. The van der Waals surface area contributed by atoms with E-state index < -0.39 is 6.10 Å². The van der Waals surface area contributed by atoms with E-state index in [0.29, 0.717) is 23.6 Å². The lowest BCUT2D eigenvalue weighted by Gasteiger charge is -2.56. The predicted octanol–water partition coefficient (Wildman–Crippen LogP) is 3.76. The van der Waals surface area contributed by atoms with E-state index in [4.69, 9.17) is 0 Å². The molecule has 5 aliphatic rings. The average molecular weight is 358 g/mol. The fourth-order valence-electron chi connectivity index (χ4n) is 6.28. The van der Waals surface area contributed by atoms with Crippen LogP contribution in [0.2, 0.25) is 0 Å². The second-order valence-electron chi connectivity index (χ2n) is 8.88. The van der Waals surface area contributed by atoms with Gasteiger partial charge in [0.05, 0.1) is 18.4 Å². The van der Waals surface area contributed by atoms with Gasteiger partial charge in [0.2, 0.25) is 5.91 Å². The molecule has 1 aromatic carbocycles. The third kappa shape index (κ3) is 2.91. The number of rotatable bonds is 3. The average Bonchev–Trinajstić information content (AvgIpc) is 2.58. The summed E-state index contributed by atoms with van der Waals surface area (Å²) in [5.41, 5.74) is 2.08. The smallest absolute Gasteiger partial charge is 0.232 e. The molecule has 0 aromatic heterocycles. The second kappa shape index (κ2) is 6.02. The number of hydrogen-bond acceptors (Lipinski definition) is 3. The van der Waals surface area contributed by atoms with Crippen molar-refractivity contribution in [3.63, 3.8) is 0 Å². The van der Waals surface area contributed by atoms with Gasteiger partial charge in [-0.25, -0.2) is 0 Å². The molecule has 0 radical (unpaired) electrons. The molecule has 1 aliphatic heterocycles. The third-order valence-corrected chi connectivity index (χ3v) is 8.51. The van der Waals surface area contributed by atoms with Crippen LogP contribution in [-0.2, 0) is 11.3 Å². The number of aliphatic hydroxyl groups is 1. The van der Waals surface area contributed by atoms with Gasteiger partial charge in [-0.2, -0.15) is 0 Å². The van der Waals surface area contributed by atoms with Crippen molar-refractivity contribution in [1.82, 2.24) is 4.90 Å². The molecule has 25 heavy (non-hydrogen) atoms. The van der Waals surface area contributed by atoms with Crippen LogP contribution >= 0.6 is 11.8 Å². The van der Waals surface area contributed by atoms with Crippen LogP contribution in [-0.4, -0.2) is 33.0 Å². The Kier molecular flexibility index (Phi) is 3.90. The number of fused-ring (bicyclic) bond motifs is 1. The molecule has 4 fully saturated rings. The van der Waals surface area contributed by atoms with Gasteiger partial charge in [0, 0.05) is 11.3 Å². The van der Waals surface area contributed by atoms with E-state index in [-0.39, 0.29) is 5.91 Å². The molecule has 1 amide bonds. The molecule has 0 spiro atoms. The van der Waals surface area contributed by atoms with Crippen LogP contribution in [0.5, 0.6) is 0 Å². The highest BCUT2D eigenvalue weighted by molar-refractivity contribution is 8.01. The van der Waals surface area contributed by atoms with Crippen LogP contribution < -0.4 is 0 Å². The number of β-amino-alcohol motifs (C(OH)–C–C–N with tert-alkyl or cyclic N) is 1. The lowest BCUT2D eigenvalue weighted by atomic mass is 9.56. The molecule has 1 atom stereocenters. The summed E-state index contributed by atoms with van der Waals surface area (Å²) < 4.78 is 0.386. The number of hydrogen-bond donors (Lipinski definition) is 1. The summed E-state index contributed by atoms with van der Waals surface area (Å²) in [4.78, 5) is 14.7. The summed E-state index contributed by atoms with van der Waals surface area (Å²) in [7, 11) is 0. The molecule has 134 valence electrons. The van der Waals surface area contributed by atoms with Crippen LogP contribution in [0.4, 0.5) is 0 Å². The van der Waals surface area contributed by atoms with Crippen molar-refractivity contribution in [3.8, 4) is 0 Å². The fraction of sp³-hybridized carbons (Fsp3) is 0.667. The van der Waals surface area contributed by atoms with Gasteiger partial charge in [0.1, 0.15) is 0 Å². The Labute approximate surface area is 154 Å². The number of carbonyl (C=O) groups excluding carboxylic acids is 1. The Balaban J connectivity index is 1.24. The van der Waals surface area contributed by atoms with Crippen LogP contribution in [0.3, 0.4) is 0 Å². The molecule has 4 aliphatic carbocycles. The highest BCUT2D eigenvalue weighted by Gasteiger charge is 2.51. The third-order valence-electron chi connectivity index (χ3n) is 7.01. The van der Waals surface area contributed by atoms with E-state index in [1.54, 1.807) is 0 Å². The summed E-state index contributed by atoms with van der Waals surface area (Å²) in [6.07, 6.45) is 7.81. The summed E-state index contributed by atoms with van der Waals surface area (Å²) >= 11 is 1.95. The standard InChI is InChI=1S/C21H27NO2S/c23-19-12-22(11-17-3-1-2-4-18(17)19)20(24)13-25-21-8-14-5-15(9-21)7-16(6-14)10-21/h1-4,14-16,19,23H,5-13H2/t14?,15?,16?,19-,21?/m0/s1. The van der Waals surface area contributed by atoms with Gasteiger partial charge in [0.25, 0.3) is 0 Å². The molecule has 1 heterocycles. The summed E-state index contributed by atoms with van der Waals surface area (Å²) in [5, 5.41) is 10.4. The quantitative estimate of drug-likeness (QED) is 0.895. The van der Waals surface area contributed by atoms with E-state index in [0.717, 1.165) is 28.9 Å². The van der Waals surface area contributed by atoms with Gasteiger partial charge in [-0.1, -0.05) is 24.3 Å². The van der Waals surface area contributed by atoms with Crippen LogP contribution in [0.15, 0.2) is 24.3 Å². The largest absolute Gasteiger partial charge is 0.387 e. The molecular weight excluding hydrogens is 330 g/mol. The summed E-state index contributed by atoms with van der Waals surface area (Å²) in [6.45, 7) is 1.09. The minimum Gasteiger partial charge on any atom is -0.387 e. The number of amides is 1. The van der Waals surface area contributed by atoms with Crippen molar-refractivity contribution in [3.05, 3.63) is 35.4 Å². The molecule has 4 heteroatoms. The van der Waals surface area contributed by atoms with E-state index in [9.17, 15) is 9.90 Å². The first-order valence-corrected chi connectivity index (χ1v) is 10.8. The van der Waals surface area contributed by atoms with Gasteiger partial charge in [-0.3, -0.25) is 4.79 Å². The SMILES string of the molecule is O=C(CSC12CC3CC(CC(C3)C1)C2)N1Cc2ccccc2[C@@H](O)C1. The number of aliphatic hydroxyl groups excluding tert-OH is 1. The molecule has 4 bridgehead atoms. The number of thioether (sulfide) groups is 1. The van der Waals surface area contributed by atoms with Gasteiger partial charge < -0.3 is 10.0 Å². The molecule has 0 unspecified atom stereocenters. The van der Waals surface area contributed by atoms with Crippen LogP contribution in [0.1, 0.15) is 55.8 Å².